The van der Waals surface area contributed by atoms with Crippen LogP contribution in [-0.4, -0.2) is 129 Å². The maximum Gasteiger partial charge on any atom is 0.411 e. The summed E-state index contributed by atoms with van der Waals surface area (Å²) in [4.78, 5) is 79.7. The van der Waals surface area contributed by atoms with Gasteiger partial charge < -0.3 is 46.2 Å². The summed E-state index contributed by atoms with van der Waals surface area (Å²) in [6.07, 6.45) is 2.87. The highest BCUT2D eigenvalue weighted by atomic mass is 16.6. The Kier molecular flexibility index (Phi) is 20.3. The van der Waals surface area contributed by atoms with Crippen LogP contribution < -0.4 is 16.0 Å². The predicted octanol–water partition coefficient (Wildman–Crippen LogP) is 8.78. The monoisotopic (exact) mass is 1050 g/mol. The van der Waals surface area contributed by atoms with Crippen molar-refractivity contribution in [1.29, 1.82) is 10.8 Å². The van der Waals surface area contributed by atoms with Gasteiger partial charge in [-0.05, 0) is 146 Å². The average molecular weight is 1060 g/mol. The van der Waals surface area contributed by atoms with Gasteiger partial charge in [-0.3, -0.25) is 24.2 Å². The van der Waals surface area contributed by atoms with Gasteiger partial charge in [-0.1, -0.05) is 109 Å². The molecule has 6 atom stereocenters. The van der Waals surface area contributed by atoms with Gasteiger partial charge in [-0.15, -0.1) is 0 Å². The standard InChI is InChI=1S/C30H38N4O4.C17H23NO4.C13H17N3O/c1-20(31)22-12-10-21(11-13-22)19-32-27(35)25-15-17-33(25)28(36)26-18-24(23-8-6-5-7-9-23)14-16-34(26)29(37)38-30(2,3)4;1-17(2,3)22-16(21)18-10-9-13(11-14(18)15(19)20)12-7-5-4-6-8-12;1-9(14)11-4-2-10(3-5-11)8-16-13(17)12-6-7-15-12/h5-13,24-26,31H,14-19H2,1-4H3,(H,32,35);4-8,13-14H,9-11H2,1-3H3,(H,19,20);2-5,12,14-15H,6-8H2,1H3,(H,16,17)/t24-,25-,26+;13-,14+;12-/m000/s1. The van der Waals surface area contributed by atoms with Crippen molar-refractivity contribution >= 4 is 47.3 Å². The van der Waals surface area contributed by atoms with E-state index in [-0.39, 0.29) is 35.6 Å². The number of ether oxygens (including phenoxy) is 2. The number of carboxylic acids is 1. The van der Waals surface area contributed by atoms with Crippen LogP contribution in [0.3, 0.4) is 0 Å². The quantitative estimate of drug-likeness (QED) is 0.0738. The van der Waals surface area contributed by atoms with Gasteiger partial charge in [0.05, 0.1) is 6.04 Å². The third kappa shape index (κ3) is 17.0. The summed E-state index contributed by atoms with van der Waals surface area (Å²) in [5.41, 5.74) is 5.76. The molecule has 17 heteroatoms. The van der Waals surface area contributed by atoms with Gasteiger partial charge in [0, 0.05) is 44.1 Å². The van der Waals surface area contributed by atoms with Gasteiger partial charge in [0.25, 0.3) is 0 Å². The number of likely N-dealkylation sites (tertiary alicyclic amines) is 3. The van der Waals surface area contributed by atoms with E-state index >= 15 is 0 Å². The number of amides is 5. The minimum Gasteiger partial charge on any atom is -0.480 e. The van der Waals surface area contributed by atoms with E-state index in [1.807, 2.05) is 118 Å². The molecular weight excluding hydrogens is 977 g/mol. The van der Waals surface area contributed by atoms with Crippen molar-refractivity contribution in [2.75, 3.05) is 26.2 Å². The van der Waals surface area contributed by atoms with Crippen LogP contribution in [0.1, 0.15) is 139 Å². The van der Waals surface area contributed by atoms with E-state index < -0.39 is 47.5 Å². The van der Waals surface area contributed by atoms with Crippen molar-refractivity contribution < 1.29 is 43.3 Å². The summed E-state index contributed by atoms with van der Waals surface area (Å²) in [7, 11) is 0. The second-order valence-corrected chi connectivity index (χ2v) is 22.2. The fourth-order valence-corrected chi connectivity index (χ4v) is 9.53. The van der Waals surface area contributed by atoms with Crippen LogP contribution in [0.2, 0.25) is 0 Å². The molecule has 0 aromatic heterocycles. The normalized spacial score (nSPS) is 20.9. The first-order valence-electron chi connectivity index (χ1n) is 26.7. The molecule has 17 nitrogen and oxygen atoms in total. The van der Waals surface area contributed by atoms with Crippen LogP contribution >= 0.6 is 0 Å². The third-order valence-corrected chi connectivity index (χ3v) is 14.0. The number of hydrogen-bond donors (Lipinski definition) is 6. The first-order valence-corrected chi connectivity index (χ1v) is 26.7. The van der Waals surface area contributed by atoms with Crippen LogP contribution in [0.15, 0.2) is 109 Å². The Morgan fingerprint density at radius 1 is 0.558 bits per heavy atom. The van der Waals surface area contributed by atoms with Gasteiger partial charge in [0.15, 0.2) is 0 Å². The van der Waals surface area contributed by atoms with Gasteiger partial charge in [0.2, 0.25) is 17.7 Å². The van der Waals surface area contributed by atoms with Crippen LogP contribution in [0.4, 0.5) is 9.59 Å². The van der Waals surface area contributed by atoms with E-state index in [2.05, 4.69) is 28.1 Å². The topological polar surface area (TPSA) is 235 Å². The van der Waals surface area contributed by atoms with Gasteiger partial charge in [0.1, 0.15) is 29.3 Å². The molecule has 4 aromatic carbocycles. The third-order valence-electron chi connectivity index (χ3n) is 14.0. The Balaban J connectivity index is 0.000000207. The fourth-order valence-electron chi connectivity index (χ4n) is 9.53. The second kappa shape index (κ2) is 26.6. The SMILES string of the molecule is CC(=N)c1ccc(CNC(=O)[C@@H]2CCN2)cc1.CC(=N)c1ccc(CNC(=O)[C@@H]2CCN2C(=O)[C@H]2C[C@@H](c3ccccc3)CCN2C(=O)OC(C)(C)C)cc1.CC(C)(C)OC(=O)N1CC[C@H](c2ccccc2)C[C@@H]1C(=O)O. The molecule has 4 aliphatic rings. The van der Waals surface area contributed by atoms with E-state index in [9.17, 15) is 33.9 Å². The summed E-state index contributed by atoms with van der Waals surface area (Å²) in [5, 5.41) is 33.6. The number of carboxylic acid groups (broad SMARTS) is 1. The molecule has 0 spiro atoms. The van der Waals surface area contributed by atoms with Gasteiger partial charge >= 0.3 is 18.2 Å². The number of nitrogens with zero attached hydrogens (tertiary/aromatic N) is 3. The second-order valence-electron chi connectivity index (χ2n) is 22.2. The van der Waals surface area contributed by atoms with E-state index in [1.165, 1.54) is 4.90 Å². The minimum absolute atomic E-state index is 0.00177. The molecule has 4 saturated heterocycles. The Morgan fingerprint density at radius 3 is 1.32 bits per heavy atom. The van der Waals surface area contributed by atoms with Crippen LogP contribution in [0, 0.1) is 10.8 Å². The molecule has 4 aromatic rings. The first-order chi connectivity index (χ1) is 36.5. The van der Waals surface area contributed by atoms with Crippen molar-refractivity contribution in [3.63, 3.8) is 0 Å². The molecule has 77 heavy (non-hydrogen) atoms. The highest BCUT2D eigenvalue weighted by Crippen LogP contribution is 2.36. The maximum absolute atomic E-state index is 13.8. The number of nitrogens with one attached hydrogen (secondary N) is 5. The first kappa shape index (κ1) is 58.9. The summed E-state index contributed by atoms with van der Waals surface area (Å²) in [6.45, 7) is 17.4. The van der Waals surface area contributed by atoms with E-state index in [1.54, 1.807) is 44.4 Å². The number of piperidine rings is 2. The van der Waals surface area contributed by atoms with Crippen molar-refractivity contribution in [2.24, 2.45) is 0 Å². The smallest absolute Gasteiger partial charge is 0.411 e. The maximum atomic E-state index is 13.8. The van der Waals surface area contributed by atoms with Crippen LogP contribution in [0.5, 0.6) is 0 Å². The van der Waals surface area contributed by atoms with Crippen molar-refractivity contribution in [3.05, 3.63) is 143 Å². The van der Waals surface area contributed by atoms with E-state index in [0.29, 0.717) is 63.4 Å². The van der Waals surface area contributed by atoms with Crippen LogP contribution in [-0.2, 0) is 41.7 Å². The highest BCUT2D eigenvalue weighted by molar-refractivity contribution is 5.97. The zero-order valence-corrected chi connectivity index (χ0v) is 45.9. The summed E-state index contributed by atoms with van der Waals surface area (Å²) >= 11 is 0. The Hall–Kier alpha value is -7.40. The molecule has 4 aliphatic heterocycles. The van der Waals surface area contributed by atoms with E-state index in [4.69, 9.17) is 20.3 Å². The van der Waals surface area contributed by atoms with Gasteiger partial charge in [-0.25, -0.2) is 14.4 Å². The largest absolute Gasteiger partial charge is 0.480 e. The fraction of sp³-hybridized carbons (Fsp3) is 0.467. The van der Waals surface area contributed by atoms with E-state index in [0.717, 1.165) is 59.2 Å². The zero-order chi connectivity index (χ0) is 56.0. The molecular formula is C60H78N8O9. The molecule has 6 N–H and O–H groups in total. The molecule has 8 rings (SSSR count). The molecule has 0 unspecified atom stereocenters. The predicted molar refractivity (Wildman–Crippen MR) is 296 cm³/mol. The molecule has 4 heterocycles. The van der Waals surface area contributed by atoms with Crippen molar-refractivity contribution in [1.82, 2.24) is 30.7 Å². The molecule has 0 aliphatic carbocycles. The Morgan fingerprint density at radius 2 is 0.961 bits per heavy atom. The molecule has 5 amide bonds. The summed E-state index contributed by atoms with van der Waals surface area (Å²) in [6, 6.07) is 33.1. The van der Waals surface area contributed by atoms with Crippen molar-refractivity contribution in [3.8, 4) is 0 Å². The van der Waals surface area contributed by atoms with Crippen molar-refractivity contribution in [2.45, 2.75) is 154 Å². The molecule has 0 saturated carbocycles. The number of aliphatic carboxylic acids is 1. The molecule has 412 valence electrons. The minimum atomic E-state index is -0.980. The van der Waals surface area contributed by atoms with Gasteiger partial charge in [-0.2, -0.15) is 0 Å². The summed E-state index contributed by atoms with van der Waals surface area (Å²) < 4.78 is 11.0. The number of benzene rings is 4. The zero-order valence-electron chi connectivity index (χ0n) is 45.9. The Labute approximate surface area is 453 Å². The summed E-state index contributed by atoms with van der Waals surface area (Å²) in [5.74, 6) is -1.01. The lowest BCUT2D eigenvalue weighted by molar-refractivity contribution is -0.152. The highest BCUT2D eigenvalue weighted by Gasteiger charge is 2.46. The number of carbonyl (C=O) groups excluding carboxylic acids is 5. The molecule has 0 bridgehead atoms. The van der Waals surface area contributed by atoms with Crippen LogP contribution in [0.25, 0.3) is 0 Å². The molecule has 4 fully saturated rings. The number of rotatable bonds is 12. The lowest BCUT2D eigenvalue weighted by Gasteiger charge is -2.46. The molecule has 0 radical (unpaired) electrons. The number of hydrogen-bond acceptors (Lipinski definition) is 11. The average Bonchev–Trinajstić information content (AvgIpc) is 3.37. The lowest BCUT2D eigenvalue weighted by Crippen LogP contribution is -2.64. The Bertz CT molecular complexity index is 2680. The number of carbonyl (C=O) groups is 6. The lowest BCUT2D eigenvalue weighted by atomic mass is 9.84.